The molecule has 0 spiro atoms. The van der Waals surface area contributed by atoms with Gasteiger partial charge in [0.25, 0.3) is 0 Å². The van der Waals surface area contributed by atoms with E-state index in [4.69, 9.17) is 4.99 Å². The number of rotatable bonds is 5. The third-order valence-corrected chi connectivity index (χ3v) is 4.35. The quantitative estimate of drug-likeness (QED) is 0.851. The summed E-state index contributed by atoms with van der Waals surface area (Å²) in [4.78, 5) is 17.5. The monoisotopic (exact) mass is 320 g/mol. The minimum Gasteiger partial charge on any atom is -0.316 e. The van der Waals surface area contributed by atoms with Gasteiger partial charge in [-0.15, -0.1) is 0 Å². The zero-order chi connectivity index (χ0) is 17.2. The maximum Gasteiger partial charge on any atom is 0.168 e. The van der Waals surface area contributed by atoms with Gasteiger partial charge in [0.05, 0.1) is 17.7 Å². The molecule has 3 heteroatoms. The van der Waals surface area contributed by atoms with Gasteiger partial charge < -0.3 is 5.32 Å². The van der Waals surface area contributed by atoms with E-state index in [1.165, 1.54) is 11.1 Å². The van der Waals surface area contributed by atoms with Crippen molar-refractivity contribution >= 4 is 11.5 Å². The molecule has 3 rings (SSSR count). The number of aliphatic imine (C=N–C) groups is 1. The van der Waals surface area contributed by atoms with Gasteiger partial charge in [-0.2, -0.15) is 0 Å². The predicted octanol–water partition coefficient (Wildman–Crippen LogP) is 3.80. The summed E-state index contributed by atoms with van der Waals surface area (Å²) in [5.74, 6) is 0.123. The van der Waals surface area contributed by atoms with Crippen LogP contribution in [0.3, 0.4) is 0 Å². The highest BCUT2D eigenvalue weighted by molar-refractivity contribution is 6.16. The summed E-state index contributed by atoms with van der Waals surface area (Å²) in [6.45, 7) is 5.12. The lowest BCUT2D eigenvalue weighted by Crippen LogP contribution is -2.30. The second-order valence-electron chi connectivity index (χ2n) is 7.04. The van der Waals surface area contributed by atoms with Crippen molar-refractivity contribution in [2.24, 2.45) is 4.99 Å². The Balaban J connectivity index is 1.92. The normalized spacial score (nSPS) is 15.5. The molecule has 0 atom stereocenters. The number of carbonyl (C=O) groups excluding carboxylic acids is 1. The summed E-state index contributed by atoms with van der Waals surface area (Å²) in [6, 6.07) is 16.0. The maximum atomic E-state index is 12.6. The fraction of sp³-hybridized carbons (Fsp3) is 0.333. The lowest BCUT2D eigenvalue weighted by atomic mass is 9.84. The van der Waals surface area contributed by atoms with Crippen LogP contribution in [0.5, 0.6) is 0 Å². The Morgan fingerprint density at radius 3 is 2.62 bits per heavy atom. The minimum absolute atomic E-state index is 0.123. The van der Waals surface area contributed by atoms with Gasteiger partial charge in [-0.05, 0) is 44.0 Å². The van der Waals surface area contributed by atoms with Crippen molar-refractivity contribution in [1.29, 1.82) is 0 Å². The standard InChI is InChI=1S/C21H24N2O/c1-21(2)13-17-11-15(14-22-3)9-10-18(17)19(23-21)12-20(24)16-7-5-4-6-8-16/h4-11,22H,12-14H2,1-3H3. The molecule has 1 heterocycles. The van der Waals surface area contributed by atoms with Crippen molar-refractivity contribution in [3.8, 4) is 0 Å². The van der Waals surface area contributed by atoms with Crippen LogP contribution in [0.2, 0.25) is 0 Å². The van der Waals surface area contributed by atoms with Crippen LogP contribution >= 0.6 is 0 Å². The van der Waals surface area contributed by atoms with E-state index in [2.05, 4.69) is 37.4 Å². The van der Waals surface area contributed by atoms with E-state index in [0.29, 0.717) is 6.42 Å². The second kappa shape index (κ2) is 6.70. The molecule has 0 unspecified atom stereocenters. The molecule has 0 radical (unpaired) electrons. The molecule has 3 nitrogen and oxygen atoms in total. The van der Waals surface area contributed by atoms with Crippen molar-refractivity contribution < 1.29 is 4.79 Å². The zero-order valence-electron chi connectivity index (χ0n) is 14.6. The van der Waals surface area contributed by atoms with Crippen LogP contribution in [-0.2, 0) is 13.0 Å². The molecule has 124 valence electrons. The molecule has 0 aliphatic carbocycles. The molecule has 0 aromatic heterocycles. The summed E-state index contributed by atoms with van der Waals surface area (Å²) in [5.41, 5.74) is 5.17. The van der Waals surface area contributed by atoms with Gasteiger partial charge in [0.2, 0.25) is 0 Å². The molecule has 1 aliphatic rings. The van der Waals surface area contributed by atoms with Crippen LogP contribution in [-0.4, -0.2) is 24.1 Å². The average molecular weight is 320 g/mol. The fourth-order valence-electron chi connectivity index (χ4n) is 3.33. The summed E-state index contributed by atoms with van der Waals surface area (Å²) in [5, 5.41) is 3.19. The Bertz CT molecular complexity index is 776. The molecule has 0 bridgehead atoms. The largest absolute Gasteiger partial charge is 0.316 e. The average Bonchev–Trinajstić information content (AvgIpc) is 2.54. The van der Waals surface area contributed by atoms with Gasteiger partial charge in [-0.25, -0.2) is 0 Å². The topological polar surface area (TPSA) is 41.5 Å². The van der Waals surface area contributed by atoms with Crippen LogP contribution < -0.4 is 5.32 Å². The first kappa shape index (κ1) is 16.6. The molecule has 1 aliphatic heterocycles. The molecule has 2 aromatic rings. The molecule has 0 saturated carbocycles. The Kier molecular flexibility index (Phi) is 4.63. The fourth-order valence-corrected chi connectivity index (χ4v) is 3.33. The first-order valence-electron chi connectivity index (χ1n) is 8.42. The Labute approximate surface area is 143 Å². The summed E-state index contributed by atoms with van der Waals surface area (Å²) in [7, 11) is 1.95. The molecule has 1 N–H and O–H groups in total. The maximum absolute atomic E-state index is 12.6. The zero-order valence-corrected chi connectivity index (χ0v) is 14.6. The van der Waals surface area contributed by atoms with E-state index < -0.39 is 0 Å². The SMILES string of the molecule is CNCc1ccc2c(c1)CC(C)(C)N=C2CC(=O)c1ccccc1. The number of hydrogen-bond donors (Lipinski definition) is 1. The smallest absolute Gasteiger partial charge is 0.168 e. The second-order valence-corrected chi connectivity index (χ2v) is 7.04. The van der Waals surface area contributed by atoms with E-state index in [-0.39, 0.29) is 11.3 Å². The van der Waals surface area contributed by atoms with Crippen LogP contribution in [0.25, 0.3) is 0 Å². The van der Waals surface area contributed by atoms with Crippen molar-refractivity contribution in [1.82, 2.24) is 5.32 Å². The number of nitrogens with one attached hydrogen (secondary N) is 1. The number of Topliss-reactive ketones (excluding diaryl/α,β-unsaturated/α-hetero) is 1. The molecule has 24 heavy (non-hydrogen) atoms. The van der Waals surface area contributed by atoms with Crippen LogP contribution in [0.4, 0.5) is 0 Å². The highest BCUT2D eigenvalue weighted by Gasteiger charge is 2.28. The molecule has 0 fully saturated rings. The van der Waals surface area contributed by atoms with Gasteiger partial charge in [0, 0.05) is 12.1 Å². The van der Waals surface area contributed by atoms with Gasteiger partial charge >= 0.3 is 0 Å². The Hall–Kier alpha value is -2.26. The highest BCUT2D eigenvalue weighted by atomic mass is 16.1. The number of carbonyl (C=O) groups is 1. The number of nitrogens with zero attached hydrogens (tertiary/aromatic N) is 1. The molecule has 0 saturated heterocycles. The molecular formula is C21H24N2O. The van der Waals surface area contributed by atoms with Crippen LogP contribution in [0, 0.1) is 0 Å². The van der Waals surface area contributed by atoms with Crippen molar-refractivity contribution in [2.75, 3.05) is 7.05 Å². The number of ketones is 1. The molecule has 2 aromatic carbocycles. The Morgan fingerprint density at radius 1 is 1.17 bits per heavy atom. The van der Waals surface area contributed by atoms with Crippen LogP contribution in [0.15, 0.2) is 53.5 Å². The van der Waals surface area contributed by atoms with E-state index in [1.54, 1.807) is 0 Å². The van der Waals surface area contributed by atoms with Crippen molar-refractivity contribution in [3.63, 3.8) is 0 Å². The summed E-state index contributed by atoms with van der Waals surface area (Å²) >= 11 is 0. The van der Waals surface area contributed by atoms with Gasteiger partial charge in [-0.1, -0.05) is 48.5 Å². The Morgan fingerprint density at radius 2 is 1.92 bits per heavy atom. The summed E-state index contributed by atoms with van der Waals surface area (Å²) < 4.78 is 0. The first-order valence-corrected chi connectivity index (χ1v) is 8.42. The summed E-state index contributed by atoms with van der Waals surface area (Å²) in [6.07, 6.45) is 1.26. The van der Waals surface area contributed by atoms with E-state index in [9.17, 15) is 4.79 Å². The third-order valence-electron chi connectivity index (χ3n) is 4.35. The van der Waals surface area contributed by atoms with Gasteiger partial charge in [0.1, 0.15) is 0 Å². The minimum atomic E-state index is -0.169. The predicted molar refractivity (Wildman–Crippen MR) is 98.9 cm³/mol. The van der Waals surface area contributed by atoms with E-state index in [1.807, 2.05) is 37.4 Å². The van der Waals surface area contributed by atoms with Crippen molar-refractivity contribution in [3.05, 3.63) is 70.8 Å². The van der Waals surface area contributed by atoms with E-state index >= 15 is 0 Å². The number of benzene rings is 2. The molecular weight excluding hydrogens is 296 g/mol. The van der Waals surface area contributed by atoms with Gasteiger partial charge in [-0.3, -0.25) is 9.79 Å². The lowest BCUT2D eigenvalue weighted by Gasteiger charge is -2.29. The van der Waals surface area contributed by atoms with Crippen LogP contribution in [0.1, 0.15) is 47.3 Å². The highest BCUT2D eigenvalue weighted by Crippen LogP contribution is 2.29. The van der Waals surface area contributed by atoms with E-state index in [0.717, 1.165) is 29.8 Å². The number of fused-ring (bicyclic) bond motifs is 1. The lowest BCUT2D eigenvalue weighted by molar-refractivity contribution is 0.100. The number of hydrogen-bond acceptors (Lipinski definition) is 3. The van der Waals surface area contributed by atoms with Gasteiger partial charge in [0.15, 0.2) is 5.78 Å². The third kappa shape index (κ3) is 3.62. The van der Waals surface area contributed by atoms with Crippen molar-refractivity contribution in [2.45, 2.75) is 38.8 Å². The molecule has 0 amide bonds. The first-order chi connectivity index (χ1) is 11.5.